The molecule has 0 aliphatic carbocycles. The molecule has 0 aromatic carbocycles. The number of ether oxygens (including phenoxy) is 1. The summed E-state index contributed by atoms with van der Waals surface area (Å²) in [4.78, 5) is 49.7. The highest BCUT2D eigenvalue weighted by atomic mass is 32.1. The highest BCUT2D eigenvalue weighted by molar-refractivity contribution is 7.20. The van der Waals surface area contributed by atoms with Gasteiger partial charge in [-0.1, -0.05) is 11.3 Å². The van der Waals surface area contributed by atoms with E-state index in [0.717, 1.165) is 24.2 Å². The van der Waals surface area contributed by atoms with Crippen LogP contribution in [0.2, 0.25) is 0 Å². The number of anilines is 2. The first-order chi connectivity index (χ1) is 13.5. The first kappa shape index (κ1) is 20.9. The van der Waals surface area contributed by atoms with Crippen molar-refractivity contribution >= 4 is 45.3 Å². The fraction of sp³-hybridized carbons (Fsp3) is 0.556. The normalized spacial score (nSPS) is 23.0. The summed E-state index contributed by atoms with van der Waals surface area (Å²) in [5, 5.41) is 5.62. The number of thiophene rings is 1. The molecule has 3 unspecified atom stereocenters. The van der Waals surface area contributed by atoms with Gasteiger partial charge in [-0.05, 0) is 46.1 Å². The van der Waals surface area contributed by atoms with Gasteiger partial charge in [0.25, 0.3) is 5.91 Å². The third-order valence-corrected chi connectivity index (χ3v) is 5.92. The highest BCUT2D eigenvalue weighted by Crippen LogP contribution is 2.43. The average molecular weight is 423 g/mol. The van der Waals surface area contributed by atoms with Gasteiger partial charge < -0.3 is 26.4 Å². The van der Waals surface area contributed by atoms with Gasteiger partial charge in [0.05, 0.1) is 16.5 Å². The van der Waals surface area contributed by atoms with Gasteiger partial charge in [0, 0.05) is 12.1 Å². The van der Waals surface area contributed by atoms with Crippen LogP contribution in [0.5, 0.6) is 0 Å². The monoisotopic (exact) mass is 423 g/mol. The summed E-state index contributed by atoms with van der Waals surface area (Å²) in [6.07, 6.45) is 1.72. The van der Waals surface area contributed by atoms with Crippen molar-refractivity contribution in [3.63, 3.8) is 0 Å². The second-order valence-corrected chi connectivity index (χ2v) is 9.28. The van der Waals surface area contributed by atoms with Gasteiger partial charge in [0.15, 0.2) is 0 Å². The number of hydrogen-bond donors (Lipinski definition) is 4. The Morgan fingerprint density at radius 2 is 1.86 bits per heavy atom. The predicted octanol–water partition coefficient (Wildman–Crippen LogP) is 2.06. The zero-order chi connectivity index (χ0) is 21.5. The van der Waals surface area contributed by atoms with Crippen LogP contribution in [0.25, 0.3) is 0 Å². The number of urea groups is 1. The third-order valence-electron chi connectivity index (χ3n) is 4.96. The predicted molar refractivity (Wildman–Crippen MR) is 108 cm³/mol. The summed E-state index contributed by atoms with van der Waals surface area (Å²) in [5.74, 6) is -1.39. The molecule has 5 amide bonds. The van der Waals surface area contributed by atoms with E-state index in [-0.39, 0.29) is 34.5 Å². The lowest BCUT2D eigenvalue weighted by Crippen LogP contribution is -2.42. The first-order valence-electron chi connectivity index (χ1n) is 9.28. The number of carbonyl (C=O) groups is 4. The Balaban J connectivity index is 1.71. The molecule has 3 heterocycles. The Morgan fingerprint density at radius 1 is 1.17 bits per heavy atom. The van der Waals surface area contributed by atoms with E-state index < -0.39 is 23.6 Å². The average Bonchev–Trinajstić information content (AvgIpc) is 3.25. The van der Waals surface area contributed by atoms with Crippen molar-refractivity contribution in [2.24, 2.45) is 17.4 Å². The number of nitrogens with one attached hydrogen (secondary N) is 2. The highest BCUT2D eigenvalue weighted by Gasteiger charge is 2.52. The molecule has 3 rings (SSSR count). The van der Waals surface area contributed by atoms with Gasteiger partial charge in [-0.2, -0.15) is 0 Å². The molecule has 29 heavy (non-hydrogen) atoms. The smallest absolute Gasteiger partial charge is 0.410 e. The maximum absolute atomic E-state index is 12.9. The van der Waals surface area contributed by atoms with E-state index in [1.165, 1.54) is 6.07 Å². The van der Waals surface area contributed by atoms with E-state index in [1.807, 2.05) is 0 Å². The summed E-state index contributed by atoms with van der Waals surface area (Å²) >= 11 is 0.988. The van der Waals surface area contributed by atoms with Crippen molar-refractivity contribution in [1.82, 2.24) is 4.90 Å². The molecule has 11 heteroatoms. The topological polar surface area (TPSA) is 157 Å². The minimum atomic E-state index is -0.840. The fourth-order valence-electron chi connectivity index (χ4n) is 3.92. The molecule has 0 spiro atoms. The Labute approximate surface area is 171 Å². The van der Waals surface area contributed by atoms with Crippen LogP contribution >= 0.6 is 11.3 Å². The van der Waals surface area contributed by atoms with Gasteiger partial charge in [0.2, 0.25) is 5.91 Å². The third kappa shape index (κ3) is 4.44. The minimum absolute atomic E-state index is 0.0257. The quantitative estimate of drug-likeness (QED) is 0.583. The van der Waals surface area contributed by atoms with Gasteiger partial charge >= 0.3 is 12.1 Å². The van der Waals surface area contributed by atoms with Crippen LogP contribution in [0, 0.1) is 5.92 Å². The van der Waals surface area contributed by atoms with Crippen molar-refractivity contribution < 1.29 is 23.9 Å². The van der Waals surface area contributed by atoms with E-state index in [0.29, 0.717) is 11.4 Å². The Bertz CT molecular complexity index is 861. The Hall–Kier alpha value is -2.82. The molecular formula is C18H25N5O5S. The molecule has 2 saturated heterocycles. The van der Waals surface area contributed by atoms with E-state index in [2.05, 4.69) is 10.6 Å². The molecule has 2 aliphatic heterocycles. The molecule has 6 N–H and O–H groups in total. The van der Waals surface area contributed by atoms with Crippen LogP contribution in [-0.2, 0) is 9.53 Å². The van der Waals surface area contributed by atoms with Crippen molar-refractivity contribution in [3.05, 3.63) is 11.6 Å². The van der Waals surface area contributed by atoms with Crippen molar-refractivity contribution in [1.29, 1.82) is 0 Å². The number of primary amides is 2. The zero-order valence-corrected chi connectivity index (χ0v) is 17.3. The number of nitrogens with zero attached hydrogens (tertiary/aromatic N) is 1. The van der Waals surface area contributed by atoms with Crippen LogP contribution in [-0.4, -0.2) is 46.5 Å². The lowest BCUT2D eigenvalue weighted by Gasteiger charge is -2.28. The lowest BCUT2D eigenvalue weighted by molar-refractivity contribution is -0.120. The van der Waals surface area contributed by atoms with Crippen LogP contribution < -0.4 is 22.1 Å². The molecule has 0 saturated carbocycles. The largest absolute Gasteiger partial charge is 0.444 e. The molecule has 2 bridgehead atoms. The molecule has 10 nitrogen and oxygen atoms in total. The fourth-order valence-corrected chi connectivity index (χ4v) is 4.89. The van der Waals surface area contributed by atoms with Crippen LogP contribution in [0.3, 0.4) is 0 Å². The number of amides is 5. The first-order valence-corrected chi connectivity index (χ1v) is 10.1. The minimum Gasteiger partial charge on any atom is -0.444 e. The number of fused-ring (bicyclic) bond motifs is 2. The van der Waals surface area contributed by atoms with Crippen molar-refractivity contribution in [2.45, 2.75) is 57.7 Å². The molecule has 2 aliphatic rings. The second-order valence-electron chi connectivity index (χ2n) is 8.22. The van der Waals surface area contributed by atoms with E-state index in [4.69, 9.17) is 16.2 Å². The maximum atomic E-state index is 12.9. The van der Waals surface area contributed by atoms with E-state index in [1.54, 1.807) is 25.7 Å². The number of hydrogen-bond acceptors (Lipinski definition) is 6. The summed E-state index contributed by atoms with van der Waals surface area (Å²) < 4.78 is 5.49. The van der Waals surface area contributed by atoms with Crippen LogP contribution in [0.15, 0.2) is 6.07 Å². The van der Waals surface area contributed by atoms with E-state index in [9.17, 15) is 19.2 Å². The summed E-state index contributed by atoms with van der Waals surface area (Å²) in [6, 6.07) is 0.304. The molecule has 3 atom stereocenters. The molecule has 1 aromatic rings. The summed E-state index contributed by atoms with van der Waals surface area (Å²) in [7, 11) is 0. The molecule has 0 radical (unpaired) electrons. The van der Waals surface area contributed by atoms with Crippen LogP contribution in [0.1, 0.15) is 50.4 Å². The van der Waals surface area contributed by atoms with Gasteiger partial charge in [-0.3, -0.25) is 14.9 Å². The standard InChI is InChI=1S/C18H25N5O5S/c1-18(2,3)28-17(27)23-8-4-5-11(23)9(6-8)14(25)21-12-7-10(13(19)24)15(29-12)22-16(20)26/h7-9,11H,4-6H2,1-3H3,(H2,19,24)(H,21,25)(H3,20,22,26). The van der Waals surface area contributed by atoms with E-state index >= 15 is 0 Å². The molecule has 158 valence electrons. The lowest BCUT2D eigenvalue weighted by atomic mass is 9.88. The molecule has 1 aromatic heterocycles. The SMILES string of the molecule is CC(C)(C)OC(=O)N1C2CCC1C(C(=O)Nc1cc(C(N)=O)c(NC(N)=O)s1)C2. The van der Waals surface area contributed by atoms with Crippen LogP contribution in [0.4, 0.5) is 19.6 Å². The van der Waals surface area contributed by atoms with Gasteiger partial charge in [-0.25, -0.2) is 9.59 Å². The number of nitrogens with two attached hydrogens (primary N) is 2. The Morgan fingerprint density at radius 3 is 2.45 bits per heavy atom. The maximum Gasteiger partial charge on any atom is 0.410 e. The Kier molecular flexibility index (Phi) is 5.44. The van der Waals surface area contributed by atoms with Gasteiger partial charge in [0.1, 0.15) is 10.6 Å². The summed E-state index contributed by atoms with van der Waals surface area (Å²) in [5.41, 5.74) is 9.87. The number of rotatable bonds is 4. The second kappa shape index (κ2) is 7.54. The van der Waals surface area contributed by atoms with Crippen molar-refractivity contribution in [2.75, 3.05) is 10.6 Å². The zero-order valence-electron chi connectivity index (χ0n) is 16.5. The number of carbonyl (C=O) groups excluding carboxylic acids is 4. The van der Waals surface area contributed by atoms with Crippen molar-refractivity contribution in [3.8, 4) is 0 Å². The molecule has 2 fully saturated rings. The molecular weight excluding hydrogens is 398 g/mol. The van der Waals surface area contributed by atoms with Gasteiger partial charge in [-0.15, -0.1) is 0 Å². The summed E-state index contributed by atoms with van der Waals surface area (Å²) in [6.45, 7) is 5.41.